The SMILES string of the molecule is C=C1NC(C)=Nc2cc3c(cc21)N(C)C(=C)C3. The summed E-state index contributed by atoms with van der Waals surface area (Å²) in [6.07, 6.45) is 0.910. The van der Waals surface area contributed by atoms with Crippen LogP contribution in [0.1, 0.15) is 18.1 Å². The van der Waals surface area contributed by atoms with Crippen molar-refractivity contribution in [2.24, 2.45) is 4.99 Å². The van der Waals surface area contributed by atoms with Gasteiger partial charge in [0.05, 0.1) is 5.69 Å². The maximum atomic E-state index is 4.52. The van der Waals surface area contributed by atoms with E-state index in [1.165, 1.54) is 11.3 Å². The van der Waals surface area contributed by atoms with Gasteiger partial charge in [0.1, 0.15) is 5.84 Å². The third-order valence-electron chi connectivity index (χ3n) is 3.37. The molecule has 0 radical (unpaired) electrons. The molecule has 3 nitrogen and oxygen atoms in total. The Morgan fingerprint density at radius 1 is 1.35 bits per heavy atom. The van der Waals surface area contributed by atoms with Gasteiger partial charge < -0.3 is 10.2 Å². The van der Waals surface area contributed by atoms with Gasteiger partial charge in [0.15, 0.2) is 0 Å². The molecule has 1 aromatic carbocycles. The van der Waals surface area contributed by atoms with E-state index in [0.29, 0.717) is 0 Å². The number of fused-ring (bicyclic) bond motifs is 2. The second-order valence-corrected chi connectivity index (χ2v) is 4.60. The van der Waals surface area contributed by atoms with Crippen molar-refractivity contribution in [1.82, 2.24) is 5.32 Å². The normalized spacial score (nSPS) is 17.5. The lowest BCUT2D eigenvalue weighted by atomic mass is 10.0. The van der Waals surface area contributed by atoms with Gasteiger partial charge >= 0.3 is 0 Å². The van der Waals surface area contributed by atoms with Crippen molar-refractivity contribution in [3.63, 3.8) is 0 Å². The van der Waals surface area contributed by atoms with Crippen LogP contribution in [-0.2, 0) is 6.42 Å². The number of nitrogens with one attached hydrogen (secondary N) is 1. The van der Waals surface area contributed by atoms with Gasteiger partial charge in [-0.05, 0) is 24.6 Å². The standard InChI is InChI=1S/C14H15N3/c1-8-5-11-6-13-12(7-14(11)17(8)4)9(2)15-10(3)16-13/h6-7H,1-2,5H2,3-4H3,(H,15,16). The monoisotopic (exact) mass is 225 g/mol. The fraction of sp³-hybridized carbons (Fsp3) is 0.214. The summed E-state index contributed by atoms with van der Waals surface area (Å²) in [4.78, 5) is 6.65. The highest BCUT2D eigenvalue weighted by Gasteiger charge is 2.23. The first kappa shape index (κ1) is 10.1. The summed E-state index contributed by atoms with van der Waals surface area (Å²) in [5, 5.41) is 3.17. The van der Waals surface area contributed by atoms with Gasteiger partial charge in [-0.1, -0.05) is 13.2 Å². The number of hydrogen-bond donors (Lipinski definition) is 1. The molecule has 17 heavy (non-hydrogen) atoms. The molecule has 3 rings (SSSR count). The van der Waals surface area contributed by atoms with Gasteiger partial charge in [0, 0.05) is 36.1 Å². The second kappa shape index (κ2) is 3.23. The van der Waals surface area contributed by atoms with Crippen molar-refractivity contribution in [1.29, 1.82) is 0 Å². The topological polar surface area (TPSA) is 27.6 Å². The Hall–Kier alpha value is -2.03. The number of hydrogen-bond acceptors (Lipinski definition) is 3. The van der Waals surface area contributed by atoms with Crippen LogP contribution >= 0.6 is 0 Å². The summed E-state index contributed by atoms with van der Waals surface area (Å²) in [5.41, 5.74) is 6.64. The molecular weight excluding hydrogens is 210 g/mol. The van der Waals surface area contributed by atoms with Gasteiger partial charge in [-0.3, -0.25) is 0 Å². The Balaban J connectivity index is 2.22. The molecule has 0 atom stereocenters. The Bertz CT molecular complexity index is 581. The Morgan fingerprint density at radius 3 is 2.88 bits per heavy atom. The minimum absolute atomic E-state index is 0.896. The number of allylic oxidation sites excluding steroid dienone is 1. The fourth-order valence-corrected chi connectivity index (χ4v) is 2.41. The van der Waals surface area contributed by atoms with Crippen LogP contribution in [0.2, 0.25) is 0 Å². The summed E-state index contributed by atoms with van der Waals surface area (Å²) in [6.45, 7) is 10.1. The molecule has 0 spiro atoms. The van der Waals surface area contributed by atoms with Crippen LogP contribution in [0.5, 0.6) is 0 Å². The number of aliphatic imine (C=N–C) groups is 1. The largest absolute Gasteiger partial charge is 0.348 e. The van der Waals surface area contributed by atoms with E-state index in [1.807, 2.05) is 14.0 Å². The van der Waals surface area contributed by atoms with Crippen LogP contribution in [0.3, 0.4) is 0 Å². The molecular formula is C14H15N3. The van der Waals surface area contributed by atoms with Gasteiger partial charge in [0.25, 0.3) is 0 Å². The van der Waals surface area contributed by atoms with E-state index < -0.39 is 0 Å². The molecule has 1 aromatic rings. The molecule has 2 aliphatic heterocycles. The van der Waals surface area contributed by atoms with Crippen molar-refractivity contribution in [2.45, 2.75) is 13.3 Å². The van der Waals surface area contributed by atoms with Gasteiger partial charge in [-0.2, -0.15) is 0 Å². The lowest BCUT2D eigenvalue weighted by Gasteiger charge is -2.20. The van der Waals surface area contributed by atoms with E-state index in [4.69, 9.17) is 0 Å². The Labute approximate surface area is 101 Å². The van der Waals surface area contributed by atoms with Crippen molar-refractivity contribution < 1.29 is 0 Å². The molecule has 2 aliphatic rings. The molecule has 3 heteroatoms. The van der Waals surface area contributed by atoms with Crippen LogP contribution in [0.4, 0.5) is 11.4 Å². The van der Waals surface area contributed by atoms with Crippen molar-refractivity contribution in [3.8, 4) is 0 Å². The van der Waals surface area contributed by atoms with Crippen LogP contribution in [0.15, 0.2) is 36.0 Å². The fourth-order valence-electron chi connectivity index (χ4n) is 2.41. The summed E-state index contributed by atoms with van der Waals surface area (Å²) in [6, 6.07) is 4.29. The molecule has 0 saturated carbocycles. The van der Waals surface area contributed by atoms with E-state index in [0.717, 1.165) is 34.9 Å². The highest BCUT2D eigenvalue weighted by molar-refractivity contribution is 5.97. The van der Waals surface area contributed by atoms with Crippen LogP contribution in [-0.4, -0.2) is 12.9 Å². The van der Waals surface area contributed by atoms with E-state index in [2.05, 4.69) is 40.5 Å². The molecule has 86 valence electrons. The average Bonchev–Trinajstić information content (AvgIpc) is 2.52. The maximum absolute atomic E-state index is 4.52. The van der Waals surface area contributed by atoms with Gasteiger partial charge in [0.2, 0.25) is 0 Å². The van der Waals surface area contributed by atoms with Crippen LogP contribution in [0.25, 0.3) is 5.70 Å². The summed E-state index contributed by atoms with van der Waals surface area (Å²) in [5.74, 6) is 0.896. The summed E-state index contributed by atoms with van der Waals surface area (Å²) >= 11 is 0. The highest BCUT2D eigenvalue weighted by Crippen LogP contribution is 2.40. The van der Waals surface area contributed by atoms with E-state index in [1.54, 1.807) is 0 Å². The molecule has 1 N–H and O–H groups in total. The number of benzene rings is 1. The summed E-state index contributed by atoms with van der Waals surface area (Å²) in [7, 11) is 2.05. The zero-order valence-corrected chi connectivity index (χ0v) is 10.2. The molecule has 0 aromatic heterocycles. The second-order valence-electron chi connectivity index (χ2n) is 4.60. The number of nitrogens with zero attached hydrogens (tertiary/aromatic N) is 2. The highest BCUT2D eigenvalue weighted by atomic mass is 15.1. The lowest BCUT2D eigenvalue weighted by molar-refractivity contribution is 1.11. The van der Waals surface area contributed by atoms with E-state index in [9.17, 15) is 0 Å². The van der Waals surface area contributed by atoms with E-state index >= 15 is 0 Å². The molecule has 0 unspecified atom stereocenters. The number of amidine groups is 1. The number of likely N-dealkylation sites (N-methyl/N-ethyl adjacent to an activating group) is 1. The first-order valence-corrected chi connectivity index (χ1v) is 5.66. The molecule has 0 amide bonds. The first-order valence-electron chi connectivity index (χ1n) is 5.66. The van der Waals surface area contributed by atoms with Crippen molar-refractivity contribution >= 4 is 22.9 Å². The van der Waals surface area contributed by atoms with Gasteiger partial charge in [-0.15, -0.1) is 0 Å². The third-order valence-corrected chi connectivity index (χ3v) is 3.37. The van der Waals surface area contributed by atoms with Gasteiger partial charge in [-0.25, -0.2) is 4.99 Å². The zero-order valence-electron chi connectivity index (χ0n) is 10.2. The Morgan fingerprint density at radius 2 is 2.12 bits per heavy atom. The average molecular weight is 225 g/mol. The summed E-state index contributed by atoms with van der Waals surface area (Å²) < 4.78 is 0. The van der Waals surface area contributed by atoms with Crippen LogP contribution in [0, 0.1) is 0 Å². The zero-order chi connectivity index (χ0) is 12.2. The third kappa shape index (κ3) is 1.39. The first-order chi connectivity index (χ1) is 8.06. The predicted octanol–water partition coefficient (Wildman–Crippen LogP) is 2.82. The number of rotatable bonds is 0. The number of anilines is 1. The smallest absolute Gasteiger partial charge is 0.103 e. The maximum Gasteiger partial charge on any atom is 0.103 e. The lowest BCUT2D eigenvalue weighted by Crippen LogP contribution is -2.21. The predicted molar refractivity (Wildman–Crippen MR) is 72.6 cm³/mol. The molecule has 0 bridgehead atoms. The molecule has 0 saturated heterocycles. The van der Waals surface area contributed by atoms with Crippen molar-refractivity contribution in [2.75, 3.05) is 11.9 Å². The van der Waals surface area contributed by atoms with Crippen molar-refractivity contribution in [3.05, 3.63) is 42.1 Å². The minimum atomic E-state index is 0.896. The quantitative estimate of drug-likeness (QED) is 0.735. The molecule has 0 fully saturated rings. The van der Waals surface area contributed by atoms with Crippen LogP contribution < -0.4 is 10.2 Å². The Kier molecular flexibility index (Phi) is 1.93. The minimum Gasteiger partial charge on any atom is -0.348 e. The molecule has 2 heterocycles. The molecule has 0 aliphatic carbocycles. The van der Waals surface area contributed by atoms with E-state index in [-0.39, 0.29) is 0 Å².